The van der Waals surface area contributed by atoms with Crippen molar-refractivity contribution in [1.82, 2.24) is 14.7 Å². The van der Waals surface area contributed by atoms with Crippen LogP contribution in [0.4, 0.5) is 0 Å². The number of methoxy groups -OCH3 is 1. The number of nitrogens with zero attached hydrogens (tertiary/aromatic N) is 3. The number of carbonyl (C=O) groups excluding carboxylic acids is 1. The molecule has 0 aliphatic carbocycles. The minimum absolute atomic E-state index is 0.114. The molecule has 2 aliphatic rings. The molecule has 1 fully saturated rings. The summed E-state index contributed by atoms with van der Waals surface area (Å²) in [5.74, 6) is 0.832. The van der Waals surface area contributed by atoms with Gasteiger partial charge in [-0.25, -0.2) is 4.68 Å². The summed E-state index contributed by atoms with van der Waals surface area (Å²) in [6.45, 7) is 0. The van der Waals surface area contributed by atoms with E-state index in [1.807, 2.05) is 30.1 Å². The van der Waals surface area contributed by atoms with Gasteiger partial charge < -0.3 is 9.64 Å². The van der Waals surface area contributed by atoms with E-state index in [1.165, 1.54) is 0 Å². The van der Waals surface area contributed by atoms with E-state index in [-0.39, 0.29) is 11.9 Å². The maximum Gasteiger partial charge on any atom is 0.254 e. The number of amides is 1. The molecule has 1 aromatic carbocycles. The summed E-state index contributed by atoms with van der Waals surface area (Å²) in [6.07, 6.45) is 7.53. The van der Waals surface area contributed by atoms with E-state index in [0.29, 0.717) is 11.6 Å². The van der Waals surface area contributed by atoms with Gasteiger partial charge in [0, 0.05) is 18.7 Å². The molecule has 0 radical (unpaired) electrons. The maximum absolute atomic E-state index is 12.9. The standard InChI is InChI=1S/C17H19N3O2/c1-19-17(22-2)14-9-6-11(10-15(14)18-19)16(21)20-12-4-3-5-13(20)8-7-12/h3-4,6,9-10,12-13H,5,7-8H2,1-2H3. The molecule has 5 heteroatoms. The van der Waals surface area contributed by atoms with Crippen LogP contribution in [0.2, 0.25) is 0 Å². The second-order valence-electron chi connectivity index (χ2n) is 6.04. The average Bonchev–Trinajstić information content (AvgIpc) is 2.97. The summed E-state index contributed by atoms with van der Waals surface area (Å²) < 4.78 is 7.06. The van der Waals surface area contributed by atoms with Crippen LogP contribution in [0.3, 0.4) is 0 Å². The van der Waals surface area contributed by atoms with Crippen LogP contribution >= 0.6 is 0 Å². The van der Waals surface area contributed by atoms with Gasteiger partial charge in [-0.1, -0.05) is 12.2 Å². The average molecular weight is 297 g/mol. The lowest BCUT2D eigenvalue weighted by Gasteiger charge is -2.31. The second kappa shape index (κ2) is 4.87. The van der Waals surface area contributed by atoms with E-state index >= 15 is 0 Å². The van der Waals surface area contributed by atoms with Crippen molar-refractivity contribution < 1.29 is 9.53 Å². The van der Waals surface area contributed by atoms with Crippen molar-refractivity contribution in [2.24, 2.45) is 7.05 Å². The lowest BCUT2D eigenvalue weighted by molar-refractivity contribution is 0.0689. The Kier molecular flexibility index (Phi) is 2.96. The molecular formula is C17H19N3O2. The summed E-state index contributed by atoms with van der Waals surface area (Å²) in [4.78, 5) is 14.9. The van der Waals surface area contributed by atoms with Crippen molar-refractivity contribution in [3.05, 3.63) is 35.9 Å². The van der Waals surface area contributed by atoms with Gasteiger partial charge in [0.25, 0.3) is 5.91 Å². The number of fused-ring (bicyclic) bond motifs is 3. The van der Waals surface area contributed by atoms with Crippen LogP contribution in [0, 0.1) is 0 Å². The molecule has 0 N–H and O–H groups in total. The molecule has 0 spiro atoms. The van der Waals surface area contributed by atoms with Crippen molar-refractivity contribution in [3.8, 4) is 5.88 Å². The lowest BCUT2D eigenvalue weighted by atomic mass is 10.1. The Morgan fingerprint density at radius 3 is 3.00 bits per heavy atom. The highest BCUT2D eigenvalue weighted by atomic mass is 16.5. The van der Waals surface area contributed by atoms with Crippen LogP contribution in [0.1, 0.15) is 29.6 Å². The van der Waals surface area contributed by atoms with Gasteiger partial charge in [0.15, 0.2) is 0 Å². The van der Waals surface area contributed by atoms with Gasteiger partial charge in [-0.3, -0.25) is 4.79 Å². The monoisotopic (exact) mass is 297 g/mol. The maximum atomic E-state index is 12.9. The number of hydrogen-bond acceptors (Lipinski definition) is 3. The fourth-order valence-electron chi connectivity index (χ4n) is 3.74. The molecule has 2 aromatic rings. The predicted octanol–water partition coefficient (Wildman–Crippen LogP) is 2.52. The number of hydrogen-bond donors (Lipinski definition) is 0. The molecule has 114 valence electrons. The molecule has 2 unspecified atom stereocenters. The zero-order valence-corrected chi connectivity index (χ0v) is 12.8. The first-order valence-corrected chi connectivity index (χ1v) is 7.69. The summed E-state index contributed by atoms with van der Waals surface area (Å²) in [5.41, 5.74) is 1.51. The molecular weight excluding hydrogens is 278 g/mol. The van der Waals surface area contributed by atoms with Crippen LogP contribution in [0.5, 0.6) is 5.88 Å². The minimum Gasteiger partial charge on any atom is -0.481 e. The van der Waals surface area contributed by atoms with Gasteiger partial charge in [0.05, 0.1) is 24.1 Å². The van der Waals surface area contributed by atoms with E-state index in [4.69, 9.17) is 4.74 Å². The van der Waals surface area contributed by atoms with E-state index in [1.54, 1.807) is 11.8 Å². The largest absolute Gasteiger partial charge is 0.481 e. The predicted molar refractivity (Wildman–Crippen MR) is 84.0 cm³/mol. The number of benzene rings is 1. The van der Waals surface area contributed by atoms with Gasteiger partial charge in [0.2, 0.25) is 5.88 Å². The van der Waals surface area contributed by atoms with Crippen molar-refractivity contribution >= 4 is 16.8 Å². The Morgan fingerprint density at radius 1 is 1.36 bits per heavy atom. The van der Waals surface area contributed by atoms with Crippen molar-refractivity contribution in [1.29, 1.82) is 0 Å². The molecule has 1 amide bonds. The Hall–Kier alpha value is -2.30. The quantitative estimate of drug-likeness (QED) is 0.800. The van der Waals surface area contributed by atoms with Crippen molar-refractivity contribution in [2.75, 3.05) is 7.11 Å². The summed E-state index contributed by atoms with van der Waals surface area (Å²) >= 11 is 0. The Labute approximate surface area is 129 Å². The number of ether oxygens (including phenoxy) is 1. The Balaban J connectivity index is 1.72. The van der Waals surface area contributed by atoms with E-state index in [2.05, 4.69) is 17.3 Å². The highest BCUT2D eigenvalue weighted by Gasteiger charge is 2.37. The molecule has 2 atom stereocenters. The first-order chi connectivity index (χ1) is 10.7. The van der Waals surface area contributed by atoms with E-state index in [0.717, 1.165) is 36.0 Å². The zero-order chi connectivity index (χ0) is 15.3. The third kappa shape index (κ3) is 1.85. The number of rotatable bonds is 2. The first-order valence-electron chi connectivity index (χ1n) is 7.69. The SMILES string of the molecule is COc1c2ccc(C(=O)N3C4C=CCC3CC4)cc2nn1C. The van der Waals surface area contributed by atoms with Crippen LogP contribution in [0.15, 0.2) is 30.4 Å². The number of aromatic nitrogens is 2. The molecule has 3 heterocycles. The second-order valence-corrected chi connectivity index (χ2v) is 6.04. The fourth-order valence-corrected chi connectivity index (χ4v) is 3.74. The van der Waals surface area contributed by atoms with E-state index in [9.17, 15) is 4.79 Å². The van der Waals surface area contributed by atoms with Gasteiger partial charge in [0.1, 0.15) is 0 Å². The van der Waals surface area contributed by atoms with Gasteiger partial charge in [-0.15, -0.1) is 0 Å². The molecule has 1 saturated heterocycles. The molecule has 4 rings (SSSR count). The molecule has 0 saturated carbocycles. The first kappa shape index (κ1) is 13.4. The normalized spacial score (nSPS) is 23.3. The highest BCUT2D eigenvalue weighted by molar-refractivity contribution is 5.99. The molecule has 2 aliphatic heterocycles. The van der Waals surface area contributed by atoms with Crippen LogP contribution in [-0.4, -0.2) is 39.8 Å². The smallest absolute Gasteiger partial charge is 0.254 e. The Bertz CT molecular complexity index is 778. The fraction of sp³-hybridized carbons (Fsp3) is 0.412. The van der Waals surface area contributed by atoms with Crippen LogP contribution < -0.4 is 4.74 Å². The molecule has 2 bridgehead atoms. The zero-order valence-electron chi connectivity index (χ0n) is 12.8. The number of carbonyl (C=O) groups is 1. The van der Waals surface area contributed by atoms with Crippen LogP contribution in [-0.2, 0) is 7.05 Å². The van der Waals surface area contributed by atoms with Crippen molar-refractivity contribution in [2.45, 2.75) is 31.3 Å². The third-order valence-electron chi connectivity index (χ3n) is 4.77. The minimum atomic E-state index is 0.114. The molecule has 22 heavy (non-hydrogen) atoms. The van der Waals surface area contributed by atoms with Crippen LogP contribution in [0.25, 0.3) is 10.9 Å². The van der Waals surface area contributed by atoms with E-state index < -0.39 is 0 Å². The molecule has 1 aromatic heterocycles. The Morgan fingerprint density at radius 2 is 2.23 bits per heavy atom. The topological polar surface area (TPSA) is 47.4 Å². The summed E-state index contributed by atoms with van der Waals surface area (Å²) in [5, 5.41) is 5.37. The lowest BCUT2D eigenvalue weighted by Crippen LogP contribution is -2.42. The van der Waals surface area contributed by atoms with Gasteiger partial charge in [-0.05, 0) is 37.5 Å². The van der Waals surface area contributed by atoms with Gasteiger partial charge >= 0.3 is 0 Å². The van der Waals surface area contributed by atoms with Gasteiger partial charge in [-0.2, -0.15) is 5.10 Å². The molecule has 5 nitrogen and oxygen atoms in total. The number of aryl methyl sites for hydroxylation is 1. The third-order valence-corrected chi connectivity index (χ3v) is 4.77. The van der Waals surface area contributed by atoms with Crippen molar-refractivity contribution in [3.63, 3.8) is 0 Å². The summed E-state index contributed by atoms with van der Waals surface area (Å²) in [6, 6.07) is 6.30. The summed E-state index contributed by atoms with van der Waals surface area (Å²) in [7, 11) is 3.48. The highest BCUT2D eigenvalue weighted by Crippen LogP contribution is 2.33.